The van der Waals surface area contributed by atoms with Crippen molar-refractivity contribution in [2.24, 2.45) is 5.92 Å². The molecule has 1 amide bonds. The van der Waals surface area contributed by atoms with Gasteiger partial charge in [0.2, 0.25) is 0 Å². The third kappa shape index (κ3) is 4.32. The average Bonchev–Trinajstić information content (AvgIpc) is 3.28. The lowest BCUT2D eigenvalue weighted by atomic mass is 9.88. The van der Waals surface area contributed by atoms with Gasteiger partial charge >= 0.3 is 0 Å². The monoisotopic (exact) mass is 477 g/mol. The lowest BCUT2D eigenvalue weighted by molar-refractivity contribution is -0.384. The number of aromatic nitrogens is 3. The molecule has 0 atom stereocenters. The number of likely N-dealkylation sites (tertiary alicyclic amines) is 1. The number of nitro benzene ring substituents is 1. The van der Waals surface area contributed by atoms with Gasteiger partial charge in [-0.2, -0.15) is 0 Å². The highest BCUT2D eigenvalue weighted by atomic mass is 16.6. The molecule has 5 rings (SSSR count). The quantitative estimate of drug-likeness (QED) is 0.311. The molecular formula is C24H23N5O6. The highest BCUT2D eigenvalue weighted by Crippen LogP contribution is 2.33. The molecular weight excluding hydrogens is 454 g/mol. The molecule has 1 saturated heterocycles. The van der Waals surface area contributed by atoms with E-state index in [0.29, 0.717) is 67.6 Å². The van der Waals surface area contributed by atoms with Crippen LogP contribution < -0.4 is 9.47 Å². The number of rotatable bonds is 5. The molecule has 1 fully saturated rings. The number of Topliss-reactive ketones (excluding diaryl/α,β-unsaturated/α-hetero) is 1. The minimum atomic E-state index is -0.488. The Balaban J connectivity index is 1.25. The fraction of sp³-hybridized carbons (Fsp3) is 0.333. The van der Waals surface area contributed by atoms with E-state index in [-0.39, 0.29) is 29.0 Å². The molecule has 0 spiro atoms. The second-order valence-corrected chi connectivity index (χ2v) is 8.50. The van der Waals surface area contributed by atoms with Gasteiger partial charge in [-0.25, -0.2) is 4.68 Å². The van der Waals surface area contributed by atoms with E-state index in [1.54, 1.807) is 42.2 Å². The van der Waals surface area contributed by atoms with Crippen molar-refractivity contribution in [2.75, 3.05) is 26.3 Å². The summed E-state index contributed by atoms with van der Waals surface area (Å²) in [4.78, 5) is 38.4. The Morgan fingerprint density at radius 2 is 1.80 bits per heavy atom. The Morgan fingerprint density at radius 3 is 2.54 bits per heavy atom. The lowest BCUT2D eigenvalue weighted by Gasteiger charge is -2.31. The van der Waals surface area contributed by atoms with Crippen molar-refractivity contribution in [1.29, 1.82) is 0 Å². The largest absolute Gasteiger partial charge is 0.486 e. The van der Waals surface area contributed by atoms with Gasteiger partial charge < -0.3 is 14.4 Å². The predicted molar refractivity (Wildman–Crippen MR) is 123 cm³/mol. The van der Waals surface area contributed by atoms with E-state index in [1.807, 2.05) is 0 Å². The van der Waals surface area contributed by atoms with E-state index in [0.717, 1.165) is 0 Å². The zero-order valence-electron chi connectivity index (χ0n) is 19.0. The van der Waals surface area contributed by atoms with E-state index in [4.69, 9.17) is 9.47 Å². The number of benzene rings is 2. The number of non-ortho nitro benzene ring substituents is 1. The maximum atomic E-state index is 13.1. The van der Waals surface area contributed by atoms with Crippen LogP contribution in [0.5, 0.6) is 11.5 Å². The van der Waals surface area contributed by atoms with Crippen molar-refractivity contribution in [3.8, 4) is 17.2 Å². The number of carbonyl (C=O) groups is 2. The van der Waals surface area contributed by atoms with Crippen LogP contribution in [0.1, 0.15) is 39.4 Å². The molecule has 0 saturated carbocycles. The average molecular weight is 477 g/mol. The topological polar surface area (TPSA) is 130 Å². The molecule has 0 unspecified atom stereocenters. The first-order valence-corrected chi connectivity index (χ1v) is 11.3. The third-order valence-electron chi connectivity index (χ3n) is 6.36. The van der Waals surface area contributed by atoms with Crippen molar-refractivity contribution in [3.05, 3.63) is 69.5 Å². The van der Waals surface area contributed by atoms with Gasteiger partial charge in [0, 0.05) is 36.7 Å². The maximum Gasteiger partial charge on any atom is 0.276 e. The normalized spacial score (nSPS) is 15.6. The number of ketones is 1. The van der Waals surface area contributed by atoms with E-state index >= 15 is 0 Å². The van der Waals surface area contributed by atoms with Gasteiger partial charge in [-0.15, -0.1) is 5.10 Å². The number of piperidine rings is 1. The minimum Gasteiger partial charge on any atom is -0.486 e. The standard InChI is InChI=1S/C24H23N5O6/c1-15-22(25-26-28(15)18-3-2-4-19(14-18)29(32)33)24(31)27-9-7-16(8-10-27)23(30)17-5-6-20-21(13-17)35-12-11-34-20/h2-6,13-14,16H,7-12H2,1H3. The summed E-state index contributed by atoms with van der Waals surface area (Å²) in [5, 5.41) is 19.2. The summed E-state index contributed by atoms with van der Waals surface area (Å²) in [6.07, 6.45) is 1.08. The molecule has 0 aliphatic carbocycles. The lowest BCUT2D eigenvalue weighted by Crippen LogP contribution is -2.40. The summed E-state index contributed by atoms with van der Waals surface area (Å²) in [5.74, 6) is 0.785. The Bertz CT molecular complexity index is 1310. The van der Waals surface area contributed by atoms with Crippen molar-refractivity contribution in [2.45, 2.75) is 19.8 Å². The number of fused-ring (bicyclic) bond motifs is 1. The second-order valence-electron chi connectivity index (χ2n) is 8.50. The van der Waals surface area contributed by atoms with Gasteiger partial charge in [-0.3, -0.25) is 19.7 Å². The van der Waals surface area contributed by atoms with Crippen LogP contribution in [0, 0.1) is 23.0 Å². The van der Waals surface area contributed by atoms with Crippen LogP contribution in [0.3, 0.4) is 0 Å². The molecule has 11 nitrogen and oxygen atoms in total. The Hall–Kier alpha value is -4.28. The highest BCUT2D eigenvalue weighted by Gasteiger charge is 2.31. The Morgan fingerprint density at radius 1 is 1.06 bits per heavy atom. The zero-order valence-corrected chi connectivity index (χ0v) is 19.0. The first-order valence-electron chi connectivity index (χ1n) is 11.3. The number of amides is 1. The molecule has 1 aromatic heterocycles. The van der Waals surface area contributed by atoms with Crippen LogP contribution >= 0.6 is 0 Å². The van der Waals surface area contributed by atoms with Gasteiger partial charge in [-0.1, -0.05) is 11.3 Å². The molecule has 2 aliphatic heterocycles. The highest BCUT2D eigenvalue weighted by molar-refractivity contribution is 5.99. The van der Waals surface area contributed by atoms with Crippen LogP contribution in [-0.2, 0) is 0 Å². The van der Waals surface area contributed by atoms with Crippen LogP contribution in [0.15, 0.2) is 42.5 Å². The van der Waals surface area contributed by atoms with Crippen molar-refractivity contribution in [1.82, 2.24) is 19.9 Å². The molecule has 35 heavy (non-hydrogen) atoms. The maximum absolute atomic E-state index is 13.1. The fourth-order valence-electron chi connectivity index (χ4n) is 4.44. The molecule has 0 bridgehead atoms. The summed E-state index contributed by atoms with van der Waals surface area (Å²) in [5.41, 5.74) is 1.63. The van der Waals surface area contributed by atoms with Gasteiger partial charge in [-0.05, 0) is 44.0 Å². The Kier molecular flexibility index (Phi) is 5.89. The number of nitrogens with zero attached hydrogens (tertiary/aromatic N) is 5. The van der Waals surface area contributed by atoms with Crippen molar-refractivity contribution >= 4 is 17.4 Å². The van der Waals surface area contributed by atoms with Gasteiger partial charge in [0.05, 0.1) is 16.3 Å². The third-order valence-corrected chi connectivity index (χ3v) is 6.36. The molecule has 11 heteroatoms. The molecule has 0 N–H and O–H groups in total. The van der Waals surface area contributed by atoms with Crippen molar-refractivity contribution in [3.63, 3.8) is 0 Å². The fourth-order valence-corrected chi connectivity index (χ4v) is 4.44. The molecule has 0 radical (unpaired) electrons. The molecule has 2 aromatic carbocycles. The summed E-state index contributed by atoms with van der Waals surface area (Å²) < 4.78 is 12.5. The van der Waals surface area contributed by atoms with Gasteiger partial charge in [0.25, 0.3) is 11.6 Å². The number of hydrogen-bond acceptors (Lipinski definition) is 8. The SMILES string of the molecule is Cc1c(C(=O)N2CCC(C(=O)c3ccc4c(c3)OCCO4)CC2)nnn1-c1cccc([N+](=O)[O-])c1. The van der Waals surface area contributed by atoms with Crippen LogP contribution in [-0.4, -0.2) is 62.8 Å². The van der Waals surface area contributed by atoms with Gasteiger partial charge in [0.15, 0.2) is 23.0 Å². The smallest absolute Gasteiger partial charge is 0.276 e. The molecule has 180 valence electrons. The number of ether oxygens (including phenoxy) is 2. The van der Waals surface area contributed by atoms with Crippen LogP contribution in [0.2, 0.25) is 0 Å². The predicted octanol–water partition coefficient (Wildman–Crippen LogP) is 2.99. The first-order chi connectivity index (χ1) is 16.9. The van der Waals surface area contributed by atoms with Crippen LogP contribution in [0.25, 0.3) is 5.69 Å². The van der Waals surface area contributed by atoms with E-state index in [9.17, 15) is 19.7 Å². The summed E-state index contributed by atoms with van der Waals surface area (Å²) in [6, 6.07) is 11.2. The first kappa shape index (κ1) is 22.5. The van der Waals surface area contributed by atoms with Gasteiger partial charge in [0.1, 0.15) is 13.2 Å². The van der Waals surface area contributed by atoms with E-state index < -0.39 is 4.92 Å². The Labute approximate surface area is 200 Å². The molecule has 3 heterocycles. The second kappa shape index (κ2) is 9.16. The van der Waals surface area contributed by atoms with Crippen molar-refractivity contribution < 1.29 is 24.0 Å². The number of hydrogen-bond donors (Lipinski definition) is 0. The zero-order chi connectivity index (χ0) is 24.5. The minimum absolute atomic E-state index is 0.0295. The van der Waals surface area contributed by atoms with E-state index in [1.165, 1.54) is 16.8 Å². The number of nitro groups is 1. The number of carbonyl (C=O) groups excluding carboxylic acids is 2. The molecule has 2 aliphatic rings. The molecule has 3 aromatic rings. The summed E-state index contributed by atoms with van der Waals surface area (Å²) in [7, 11) is 0. The summed E-state index contributed by atoms with van der Waals surface area (Å²) in [6.45, 7) is 3.48. The van der Waals surface area contributed by atoms with E-state index in [2.05, 4.69) is 10.3 Å². The summed E-state index contributed by atoms with van der Waals surface area (Å²) >= 11 is 0. The van der Waals surface area contributed by atoms with Crippen LogP contribution in [0.4, 0.5) is 5.69 Å².